The first kappa shape index (κ1) is 11.4. The van der Waals surface area contributed by atoms with Gasteiger partial charge >= 0.3 is 0 Å². The fourth-order valence-corrected chi connectivity index (χ4v) is 1.31. The lowest BCUT2D eigenvalue weighted by Crippen LogP contribution is -2.31. The average molecular weight is 205 g/mol. The number of aryl methyl sites for hydroxylation is 1. The van der Waals surface area contributed by atoms with Gasteiger partial charge in [0.15, 0.2) is 0 Å². The summed E-state index contributed by atoms with van der Waals surface area (Å²) in [5, 5.41) is 0. The number of benzene rings is 1. The second kappa shape index (κ2) is 4.73. The first-order valence-corrected chi connectivity index (χ1v) is 4.82. The van der Waals surface area contributed by atoms with Gasteiger partial charge in [-0.1, -0.05) is 29.8 Å². The smallest absolute Gasteiger partial charge is 0.289 e. The van der Waals surface area contributed by atoms with Gasteiger partial charge in [-0.05, 0) is 12.5 Å². The summed E-state index contributed by atoms with van der Waals surface area (Å²) in [6, 6.07) is 7.89. The number of hydrogen-bond acceptors (Lipinski definition) is 2. The highest BCUT2D eigenvalue weighted by atomic mass is 16.2. The predicted molar refractivity (Wildman–Crippen MR) is 58.3 cm³/mol. The van der Waals surface area contributed by atoms with E-state index in [-0.39, 0.29) is 0 Å². The van der Waals surface area contributed by atoms with Crippen molar-refractivity contribution in [2.45, 2.75) is 20.4 Å². The van der Waals surface area contributed by atoms with E-state index < -0.39 is 11.7 Å². The van der Waals surface area contributed by atoms with Gasteiger partial charge in [0.05, 0.1) is 0 Å². The molecule has 0 aliphatic heterocycles. The number of hydrogen-bond donors (Lipinski definition) is 0. The second-order valence-corrected chi connectivity index (χ2v) is 3.70. The molecule has 0 aromatic heterocycles. The normalized spacial score (nSPS) is 9.80. The van der Waals surface area contributed by atoms with Crippen molar-refractivity contribution < 1.29 is 9.59 Å². The summed E-state index contributed by atoms with van der Waals surface area (Å²) in [6.45, 7) is 3.76. The summed E-state index contributed by atoms with van der Waals surface area (Å²) in [4.78, 5) is 23.6. The maximum atomic E-state index is 11.3. The summed E-state index contributed by atoms with van der Waals surface area (Å²) in [6.07, 6.45) is 0. The van der Waals surface area contributed by atoms with Gasteiger partial charge in [0.2, 0.25) is 5.78 Å². The van der Waals surface area contributed by atoms with Crippen molar-refractivity contribution in [3.05, 3.63) is 35.4 Å². The highest BCUT2D eigenvalue weighted by Crippen LogP contribution is 2.05. The third-order valence-electron chi connectivity index (χ3n) is 2.19. The first-order chi connectivity index (χ1) is 7.00. The van der Waals surface area contributed by atoms with Gasteiger partial charge in [0, 0.05) is 20.5 Å². The van der Waals surface area contributed by atoms with E-state index >= 15 is 0 Å². The predicted octanol–water partition coefficient (Wildman–Crippen LogP) is 1.54. The van der Waals surface area contributed by atoms with Crippen LogP contribution in [0.25, 0.3) is 0 Å². The molecular weight excluding hydrogens is 190 g/mol. The Balaban J connectivity index is 2.66. The van der Waals surface area contributed by atoms with E-state index in [2.05, 4.69) is 0 Å². The highest BCUT2D eigenvalue weighted by molar-refractivity contribution is 6.34. The minimum absolute atomic E-state index is 0.426. The maximum Gasteiger partial charge on any atom is 0.289 e. The number of rotatable bonds is 3. The minimum Gasteiger partial charge on any atom is -0.335 e. The van der Waals surface area contributed by atoms with Crippen LogP contribution >= 0.6 is 0 Å². The van der Waals surface area contributed by atoms with Gasteiger partial charge in [0.25, 0.3) is 5.91 Å². The molecule has 0 heterocycles. The molecular formula is C12H15NO2. The molecule has 0 unspecified atom stereocenters. The molecule has 1 aromatic rings. The largest absolute Gasteiger partial charge is 0.335 e. The summed E-state index contributed by atoms with van der Waals surface area (Å²) in [5.74, 6) is -0.875. The third kappa shape index (κ3) is 3.20. The number of nitrogens with zero attached hydrogens (tertiary/aromatic N) is 1. The molecule has 0 spiro atoms. The monoisotopic (exact) mass is 205 g/mol. The first-order valence-electron chi connectivity index (χ1n) is 4.82. The molecule has 15 heavy (non-hydrogen) atoms. The van der Waals surface area contributed by atoms with Crippen LogP contribution in [0.3, 0.4) is 0 Å². The number of amides is 1. The minimum atomic E-state index is -0.449. The van der Waals surface area contributed by atoms with Crippen LogP contribution in [0.4, 0.5) is 0 Å². The van der Waals surface area contributed by atoms with Crippen molar-refractivity contribution in [1.82, 2.24) is 4.90 Å². The van der Waals surface area contributed by atoms with Gasteiger partial charge in [-0.2, -0.15) is 0 Å². The molecule has 0 saturated heterocycles. The van der Waals surface area contributed by atoms with Crippen molar-refractivity contribution in [2.24, 2.45) is 0 Å². The maximum absolute atomic E-state index is 11.3. The van der Waals surface area contributed by atoms with Crippen molar-refractivity contribution in [3.63, 3.8) is 0 Å². The highest BCUT2D eigenvalue weighted by Gasteiger charge is 2.13. The Bertz CT molecular complexity index is 368. The van der Waals surface area contributed by atoms with Gasteiger partial charge < -0.3 is 4.90 Å². The van der Waals surface area contributed by atoms with E-state index in [0.717, 1.165) is 5.56 Å². The molecule has 1 amide bonds. The van der Waals surface area contributed by atoms with Crippen LogP contribution in [0.5, 0.6) is 0 Å². The number of likely N-dealkylation sites (N-methyl/N-ethyl adjacent to an activating group) is 1. The Hall–Kier alpha value is -1.64. The molecule has 0 aliphatic carbocycles. The van der Waals surface area contributed by atoms with Crippen molar-refractivity contribution >= 4 is 11.7 Å². The molecule has 0 saturated carbocycles. The van der Waals surface area contributed by atoms with E-state index in [1.54, 1.807) is 7.05 Å². The fourth-order valence-electron chi connectivity index (χ4n) is 1.31. The van der Waals surface area contributed by atoms with Crippen LogP contribution in [0.2, 0.25) is 0 Å². The van der Waals surface area contributed by atoms with E-state index in [4.69, 9.17) is 0 Å². The zero-order chi connectivity index (χ0) is 11.4. The standard InChI is InChI=1S/C12H15NO2/c1-9-4-6-11(7-5-9)8-13(3)12(15)10(2)14/h4-7H,8H2,1-3H3. The molecule has 0 fully saturated rings. The Labute approximate surface area is 89.7 Å². The Morgan fingerprint density at radius 1 is 1.20 bits per heavy atom. The molecule has 0 atom stereocenters. The zero-order valence-electron chi connectivity index (χ0n) is 9.28. The van der Waals surface area contributed by atoms with Crippen LogP contribution < -0.4 is 0 Å². The molecule has 0 N–H and O–H groups in total. The summed E-state index contributed by atoms with van der Waals surface area (Å²) >= 11 is 0. The van der Waals surface area contributed by atoms with Crippen LogP contribution in [-0.4, -0.2) is 23.6 Å². The van der Waals surface area contributed by atoms with Crippen molar-refractivity contribution in [3.8, 4) is 0 Å². The average Bonchev–Trinajstić information content (AvgIpc) is 2.20. The second-order valence-electron chi connectivity index (χ2n) is 3.70. The number of carbonyl (C=O) groups excluding carboxylic acids is 2. The SMILES string of the molecule is CC(=O)C(=O)N(C)Cc1ccc(C)cc1. The topological polar surface area (TPSA) is 37.4 Å². The van der Waals surface area contributed by atoms with Crippen molar-refractivity contribution in [1.29, 1.82) is 0 Å². The Kier molecular flexibility index (Phi) is 3.61. The van der Waals surface area contributed by atoms with Gasteiger partial charge in [-0.15, -0.1) is 0 Å². The van der Waals surface area contributed by atoms with Gasteiger partial charge in [-0.25, -0.2) is 0 Å². The lowest BCUT2D eigenvalue weighted by molar-refractivity contribution is -0.143. The Morgan fingerprint density at radius 2 is 1.73 bits per heavy atom. The summed E-state index contributed by atoms with van der Waals surface area (Å²) in [5.41, 5.74) is 2.21. The number of Topliss-reactive ketones (excluding diaryl/α,β-unsaturated/α-hetero) is 1. The van der Waals surface area contributed by atoms with Crippen LogP contribution in [0.1, 0.15) is 18.1 Å². The molecule has 1 aromatic carbocycles. The summed E-state index contributed by atoms with van der Waals surface area (Å²) < 4.78 is 0. The number of carbonyl (C=O) groups is 2. The van der Waals surface area contributed by atoms with Crippen molar-refractivity contribution in [2.75, 3.05) is 7.05 Å². The van der Waals surface area contributed by atoms with Crippen LogP contribution in [0.15, 0.2) is 24.3 Å². The molecule has 0 radical (unpaired) electrons. The van der Waals surface area contributed by atoms with E-state index in [1.807, 2.05) is 31.2 Å². The lowest BCUT2D eigenvalue weighted by atomic mass is 10.1. The Morgan fingerprint density at radius 3 is 2.20 bits per heavy atom. The number of ketones is 1. The van der Waals surface area contributed by atoms with Crippen LogP contribution in [0, 0.1) is 6.92 Å². The molecule has 0 bridgehead atoms. The summed E-state index contributed by atoms with van der Waals surface area (Å²) in [7, 11) is 1.63. The van der Waals surface area contributed by atoms with Crippen LogP contribution in [-0.2, 0) is 16.1 Å². The molecule has 80 valence electrons. The third-order valence-corrected chi connectivity index (χ3v) is 2.19. The lowest BCUT2D eigenvalue weighted by Gasteiger charge is -2.15. The van der Waals surface area contributed by atoms with E-state index in [9.17, 15) is 9.59 Å². The molecule has 3 heteroatoms. The van der Waals surface area contributed by atoms with Gasteiger partial charge in [0.1, 0.15) is 0 Å². The molecule has 1 rings (SSSR count). The fraction of sp³-hybridized carbons (Fsp3) is 0.333. The molecule has 3 nitrogen and oxygen atoms in total. The zero-order valence-corrected chi connectivity index (χ0v) is 9.28. The van der Waals surface area contributed by atoms with Gasteiger partial charge in [-0.3, -0.25) is 9.59 Å². The van der Waals surface area contributed by atoms with E-state index in [1.165, 1.54) is 17.4 Å². The molecule has 0 aliphatic rings. The van der Waals surface area contributed by atoms with E-state index in [0.29, 0.717) is 6.54 Å². The quantitative estimate of drug-likeness (QED) is 0.702.